The molecular formula is C12H9ClFO. The van der Waals surface area contributed by atoms with Crippen molar-refractivity contribution >= 4 is 11.6 Å². The van der Waals surface area contributed by atoms with E-state index in [1.807, 2.05) is 6.92 Å². The predicted molar refractivity (Wildman–Crippen MR) is 57.4 cm³/mol. The maximum Gasteiger partial charge on any atom is 0.150 e. The number of furan rings is 1. The van der Waals surface area contributed by atoms with E-state index < -0.39 is 5.82 Å². The Morgan fingerprint density at radius 2 is 2.07 bits per heavy atom. The van der Waals surface area contributed by atoms with Gasteiger partial charge < -0.3 is 4.42 Å². The fraction of sp³-hybridized carbons (Fsp3) is 0.167. The topological polar surface area (TPSA) is 13.1 Å². The molecule has 0 N–H and O–H groups in total. The van der Waals surface area contributed by atoms with Gasteiger partial charge in [-0.05, 0) is 37.1 Å². The molecule has 1 nitrogen and oxygen atoms in total. The van der Waals surface area contributed by atoms with Crippen LogP contribution in [0.2, 0.25) is 5.02 Å². The molecule has 0 amide bonds. The Morgan fingerprint density at radius 1 is 1.33 bits per heavy atom. The number of benzene rings is 1. The molecule has 0 atom stereocenters. The molecule has 15 heavy (non-hydrogen) atoms. The van der Waals surface area contributed by atoms with E-state index in [2.05, 4.69) is 6.07 Å². The molecule has 0 unspecified atom stereocenters. The zero-order chi connectivity index (χ0) is 11.0. The van der Waals surface area contributed by atoms with Crippen molar-refractivity contribution < 1.29 is 8.81 Å². The van der Waals surface area contributed by atoms with E-state index in [0.717, 1.165) is 11.1 Å². The van der Waals surface area contributed by atoms with Gasteiger partial charge in [-0.15, -0.1) is 0 Å². The van der Waals surface area contributed by atoms with E-state index in [9.17, 15) is 4.39 Å². The second kappa shape index (κ2) is 3.70. The van der Waals surface area contributed by atoms with Crippen LogP contribution in [-0.4, -0.2) is 0 Å². The van der Waals surface area contributed by atoms with Crippen LogP contribution < -0.4 is 0 Å². The minimum Gasteiger partial charge on any atom is -0.464 e. The molecule has 2 rings (SSSR count). The summed E-state index contributed by atoms with van der Waals surface area (Å²) in [6.45, 7) is 3.65. The second-order valence-corrected chi connectivity index (χ2v) is 3.73. The van der Waals surface area contributed by atoms with Crippen LogP contribution in [0.25, 0.3) is 11.3 Å². The highest BCUT2D eigenvalue weighted by atomic mass is 35.5. The molecule has 1 aromatic heterocycles. The van der Waals surface area contributed by atoms with Crippen LogP contribution in [0, 0.1) is 25.7 Å². The maximum atomic E-state index is 13.4. The van der Waals surface area contributed by atoms with Gasteiger partial charge in [-0.3, -0.25) is 0 Å². The first-order chi connectivity index (χ1) is 7.11. The molecule has 0 saturated carbocycles. The average molecular weight is 224 g/mol. The summed E-state index contributed by atoms with van der Waals surface area (Å²) in [7, 11) is 0. The van der Waals surface area contributed by atoms with Crippen LogP contribution in [0.1, 0.15) is 11.1 Å². The lowest BCUT2D eigenvalue weighted by Gasteiger charge is -2.08. The number of rotatable bonds is 1. The summed E-state index contributed by atoms with van der Waals surface area (Å²) in [5.41, 5.74) is 2.23. The van der Waals surface area contributed by atoms with Crippen LogP contribution in [0.15, 0.2) is 22.8 Å². The van der Waals surface area contributed by atoms with Crippen LogP contribution in [0.5, 0.6) is 0 Å². The van der Waals surface area contributed by atoms with Crippen LogP contribution in [-0.2, 0) is 0 Å². The van der Waals surface area contributed by atoms with E-state index in [4.69, 9.17) is 16.0 Å². The van der Waals surface area contributed by atoms with Gasteiger partial charge in [0.15, 0.2) is 5.82 Å². The highest BCUT2D eigenvalue weighted by Gasteiger charge is 2.14. The summed E-state index contributed by atoms with van der Waals surface area (Å²) in [6, 6.07) is 6.12. The molecule has 0 bridgehead atoms. The van der Waals surface area contributed by atoms with Crippen molar-refractivity contribution in [1.82, 2.24) is 0 Å². The van der Waals surface area contributed by atoms with Crippen molar-refractivity contribution in [1.29, 1.82) is 0 Å². The summed E-state index contributed by atoms with van der Waals surface area (Å²) in [6.07, 6.45) is 1.55. The Morgan fingerprint density at radius 3 is 2.67 bits per heavy atom. The standard InChI is InChI=1S/C12H9ClFO/c1-7-8(2)12(13)10(14)6-9(7)11-4-3-5-15-11/h3-5H,1-2H3. The van der Waals surface area contributed by atoms with Gasteiger partial charge in [0.1, 0.15) is 5.76 Å². The smallest absolute Gasteiger partial charge is 0.150 e. The first kappa shape index (κ1) is 10.2. The molecule has 1 heterocycles. The van der Waals surface area contributed by atoms with Crippen LogP contribution >= 0.6 is 11.6 Å². The van der Waals surface area contributed by atoms with Gasteiger partial charge in [-0.1, -0.05) is 11.6 Å². The molecule has 3 heteroatoms. The molecule has 0 fully saturated rings. The molecule has 1 aromatic carbocycles. The van der Waals surface area contributed by atoms with Gasteiger partial charge >= 0.3 is 0 Å². The van der Waals surface area contributed by atoms with Crippen LogP contribution in [0.4, 0.5) is 4.39 Å². The van der Waals surface area contributed by atoms with Crippen molar-refractivity contribution in [3.05, 3.63) is 46.4 Å². The van der Waals surface area contributed by atoms with Crippen molar-refractivity contribution in [2.24, 2.45) is 0 Å². The monoisotopic (exact) mass is 223 g/mol. The maximum absolute atomic E-state index is 13.4. The van der Waals surface area contributed by atoms with Gasteiger partial charge in [0.25, 0.3) is 0 Å². The Bertz CT molecular complexity index is 489. The quantitative estimate of drug-likeness (QED) is 0.708. The third kappa shape index (κ3) is 1.65. The number of hydrogen-bond donors (Lipinski definition) is 0. The Labute approximate surface area is 92.5 Å². The molecule has 0 aliphatic carbocycles. The lowest BCUT2D eigenvalue weighted by atomic mass is 10.0. The average Bonchev–Trinajstić information content (AvgIpc) is 2.73. The summed E-state index contributed by atoms with van der Waals surface area (Å²) in [5, 5.41) is 0.128. The second-order valence-electron chi connectivity index (χ2n) is 3.36. The number of halogens is 2. The third-order valence-electron chi connectivity index (χ3n) is 2.46. The van der Waals surface area contributed by atoms with Crippen molar-refractivity contribution in [3.8, 4) is 11.3 Å². The van der Waals surface area contributed by atoms with Gasteiger partial charge in [-0.2, -0.15) is 0 Å². The molecule has 1 radical (unpaired) electrons. The van der Waals surface area contributed by atoms with Gasteiger partial charge in [0.05, 0.1) is 11.3 Å². The van der Waals surface area contributed by atoms with Crippen molar-refractivity contribution in [3.63, 3.8) is 0 Å². The zero-order valence-electron chi connectivity index (χ0n) is 8.40. The van der Waals surface area contributed by atoms with E-state index in [-0.39, 0.29) is 5.02 Å². The Hall–Kier alpha value is -1.28. The fourth-order valence-electron chi connectivity index (χ4n) is 1.44. The van der Waals surface area contributed by atoms with E-state index in [1.54, 1.807) is 25.3 Å². The Kier molecular flexibility index (Phi) is 2.53. The van der Waals surface area contributed by atoms with E-state index in [1.165, 1.54) is 0 Å². The fourth-order valence-corrected chi connectivity index (χ4v) is 1.63. The van der Waals surface area contributed by atoms with Gasteiger partial charge in [0, 0.05) is 11.6 Å². The first-order valence-electron chi connectivity index (χ1n) is 4.52. The predicted octanol–water partition coefficient (Wildman–Crippen LogP) is 4.16. The zero-order valence-corrected chi connectivity index (χ0v) is 9.15. The molecule has 77 valence electrons. The largest absolute Gasteiger partial charge is 0.464 e. The van der Waals surface area contributed by atoms with Crippen molar-refractivity contribution in [2.45, 2.75) is 13.8 Å². The van der Waals surface area contributed by atoms with Crippen molar-refractivity contribution in [2.75, 3.05) is 0 Å². The van der Waals surface area contributed by atoms with E-state index in [0.29, 0.717) is 11.3 Å². The molecule has 0 saturated heterocycles. The summed E-state index contributed by atoms with van der Waals surface area (Å²) in [4.78, 5) is 0. The molecular weight excluding hydrogens is 215 g/mol. The normalized spacial score (nSPS) is 10.7. The van der Waals surface area contributed by atoms with Gasteiger partial charge in [-0.25, -0.2) is 4.39 Å². The van der Waals surface area contributed by atoms with Crippen LogP contribution in [0.3, 0.4) is 0 Å². The third-order valence-corrected chi connectivity index (χ3v) is 2.91. The van der Waals surface area contributed by atoms with E-state index >= 15 is 0 Å². The van der Waals surface area contributed by atoms with Gasteiger partial charge in [0.2, 0.25) is 0 Å². The highest BCUT2D eigenvalue weighted by molar-refractivity contribution is 6.31. The summed E-state index contributed by atoms with van der Waals surface area (Å²) >= 11 is 5.78. The minimum atomic E-state index is -0.536. The molecule has 0 aliphatic heterocycles. The highest BCUT2D eigenvalue weighted by Crippen LogP contribution is 2.31. The molecule has 2 aromatic rings. The molecule has 0 aliphatic rings. The first-order valence-corrected chi connectivity index (χ1v) is 4.90. The summed E-state index contributed by atoms with van der Waals surface area (Å²) < 4.78 is 18.6. The Balaban J connectivity index is 2.69. The minimum absolute atomic E-state index is 0.128. The molecule has 0 spiro atoms. The summed E-state index contributed by atoms with van der Waals surface area (Å²) in [5.74, 6) is 0.0670. The lowest BCUT2D eigenvalue weighted by Crippen LogP contribution is -1.92. The lowest BCUT2D eigenvalue weighted by molar-refractivity contribution is 0.579. The number of hydrogen-bond acceptors (Lipinski definition) is 1. The SMILES string of the molecule is Cc1c(-c2ccco2)[c]c(F)c(Cl)c1C.